The molecule has 0 aromatic carbocycles. The zero-order valence-corrected chi connectivity index (χ0v) is 8.46. The van der Waals surface area contributed by atoms with E-state index in [4.69, 9.17) is 0 Å². The number of hydrogen-bond donors (Lipinski definition) is 1. The molecule has 0 fully saturated rings. The second-order valence-electron chi connectivity index (χ2n) is 3.25. The summed E-state index contributed by atoms with van der Waals surface area (Å²) >= 11 is 0. The standard InChI is InChI=1S/C11H18N2/c1-3-7-10(4-2)13-11-8-5-6-9-12-11/h5-6,8-10H,3-4,7H2,1-2H3,(H,12,13). The third kappa shape index (κ3) is 3.45. The minimum atomic E-state index is 0.569. The monoisotopic (exact) mass is 178 g/mol. The lowest BCUT2D eigenvalue weighted by Crippen LogP contribution is -2.18. The Bertz CT molecular complexity index is 221. The lowest BCUT2D eigenvalue weighted by Gasteiger charge is -2.16. The molecule has 0 saturated heterocycles. The number of hydrogen-bond acceptors (Lipinski definition) is 2. The molecule has 0 bridgehead atoms. The Hall–Kier alpha value is -1.05. The van der Waals surface area contributed by atoms with Crippen LogP contribution in [0, 0.1) is 0 Å². The first-order valence-corrected chi connectivity index (χ1v) is 5.04. The van der Waals surface area contributed by atoms with E-state index < -0.39 is 0 Å². The van der Waals surface area contributed by atoms with Crippen molar-refractivity contribution in [2.75, 3.05) is 5.32 Å². The molecular formula is C11H18N2. The van der Waals surface area contributed by atoms with Crippen LogP contribution in [-0.4, -0.2) is 11.0 Å². The molecule has 0 radical (unpaired) electrons. The molecule has 1 rings (SSSR count). The van der Waals surface area contributed by atoms with Gasteiger partial charge in [-0.25, -0.2) is 4.98 Å². The molecule has 13 heavy (non-hydrogen) atoms. The highest BCUT2D eigenvalue weighted by Crippen LogP contribution is 2.09. The summed E-state index contributed by atoms with van der Waals surface area (Å²) in [6, 6.07) is 6.53. The van der Waals surface area contributed by atoms with Crippen LogP contribution in [0.3, 0.4) is 0 Å². The van der Waals surface area contributed by atoms with Gasteiger partial charge in [-0.2, -0.15) is 0 Å². The molecule has 0 amide bonds. The Kier molecular flexibility index (Phi) is 4.30. The summed E-state index contributed by atoms with van der Waals surface area (Å²) in [6.45, 7) is 4.42. The van der Waals surface area contributed by atoms with E-state index in [0.29, 0.717) is 6.04 Å². The van der Waals surface area contributed by atoms with E-state index >= 15 is 0 Å². The first-order valence-electron chi connectivity index (χ1n) is 5.04. The van der Waals surface area contributed by atoms with Gasteiger partial charge in [-0.1, -0.05) is 26.3 Å². The normalized spacial score (nSPS) is 12.5. The van der Waals surface area contributed by atoms with E-state index in [2.05, 4.69) is 24.1 Å². The van der Waals surface area contributed by atoms with Crippen molar-refractivity contribution in [1.29, 1.82) is 0 Å². The molecule has 0 saturated carbocycles. The van der Waals surface area contributed by atoms with Gasteiger partial charge in [0.2, 0.25) is 0 Å². The quantitative estimate of drug-likeness (QED) is 0.749. The van der Waals surface area contributed by atoms with Crippen molar-refractivity contribution >= 4 is 5.82 Å². The maximum Gasteiger partial charge on any atom is 0.126 e. The van der Waals surface area contributed by atoms with Crippen molar-refractivity contribution in [2.24, 2.45) is 0 Å². The van der Waals surface area contributed by atoms with Gasteiger partial charge in [0, 0.05) is 12.2 Å². The Morgan fingerprint density at radius 3 is 2.77 bits per heavy atom. The van der Waals surface area contributed by atoms with Crippen LogP contribution in [0.15, 0.2) is 24.4 Å². The second kappa shape index (κ2) is 5.57. The Balaban J connectivity index is 2.46. The van der Waals surface area contributed by atoms with Crippen molar-refractivity contribution in [3.63, 3.8) is 0 Å². The van der Waals surface area contributed by atoms with E-state index in [9.17, 15) is 0 Å². The van der Waals surface area contributed by atoms with Gasteiger partial charge >= 0.3 is 0 Å². The van der Waals surface area contributed by atoms with Crippen molar-refractivity contribution < 1.29 is 0 Å². The topological polar surface area (TPSA) is 24.9 Å². The number of aromatic nitrogens is 1. The third-order valence-electron chi connectivity index (χ3n) is 2.15. The fourth-order valence-corrected chi connectivity index (χ4v) is 1.38. The molecule has 1 aromatic heterocycles. The Labute approximate surface area is 80.4 Å². The van der Waals surface area contributed by atoms with Crippen molar-refractivity contribution in [1.82, 2.24) is 4.98 Å². The average molecular weight is 178 g/mol. The van der Waals surface area contributed by atoms with Gasteiger partial charge in [-0.05, 0) is 25.0 Å². The van der Waals surface area contributed by atoms with Gasteiger partial charge < -0.3 is 5.32 Å². The highest BCUT2D eigenvalue weighted by molar-refractivity contribution is 5.34. The molecule has 0 spiro atoms. The Morgan fingerprint density at radius 1 is 1.38 bits per heavy atom. The van der Waals surface area contributed by atoms with Gasteiger partial charge in [-0.15, -0.1) is 0 Å². The van der Waals surface area contributed by atoms with Crippen LogP contribution < -0.4 is 5.32 Å². The number of anilines is 1. The first-order chi connectivity index (χ1) is 6.36. The molecule has 1 aromatic rings. The number of rotatable bonds is 5. The van der Waals surface area contributed by atoms with E-state index in [1.807, 2.05) is 24.4 Å². The molecule has 0 aliphatic rings. The van der Waals surface area contributed by atoms with Crippen LogP contribution in [0.5, 0.6) is 0 Å². The second-order valence-corrected chi connectivity index (χ2v) is 3.25. The number of nitrogens with one attached hydrogen (secondary N) is 1. The largest absolute Gasteiger partial charge is 0.367 e. The van der Waals surface area contributed by atoms with Crippen LogP contribution >= 0.6 is 0 Å². The van der Waals surface area contributed by atoms with Crippen molar-refractivity contribution in [3.05, 3.63) is 24.4 Å². The first kappa shape index (κ1) is 10.0. The molecule has 1 atom stereocenters. The molecule has 1 heterocycles. The summed E-state index contributed by atoms with van der Waals surface area (Å²) < 4.78 is 0. The lowest BCUT2D eigenvalue weighted by atomic mass is 10.1. The summed E-state index contributed by atoms with van der Waals surface area (Å²) in [6.07, 6.45) is 5.41. The van der Waals surface area contributed by atoms with Crippen LogP contribution in [0.25, 0.3) is 0 Å². The molecule has 72 valence electrons. The van der Waals surface area contributed by atoms with E-state index in [1.165, 1.54) is 12.8 Å². The molecular weight excluding hydrogens is 160 g/mol. The zero-order valence-electron chi connectivity index (χ0n) is 8.46. The van der Waals surface area contributed by atoms with Crippen molar-refractivity contribution in [2.45, 2.75) is 39.2 Å². The van der Waals surface area contributed by atoms with Crippen LogP contribution in [0.1, 0.15) is 33.1 Å². The predicted molar refractivity (Wildman–Crippen MR) is 56.8 cm³/mol. The van der Waals surface area contributed by atoms with Gasteiger partial charge in [0.15, 0.2) is 0 Å². The van der Waals surface area contributed by atoms with Crippen LogP contribution in [0.2, 0.25) is 0 Å². The summed E-state index contributed by atoms with van der Waals surface area (Å²) in [7, 11) is 0. The van der Waals surface area contributed by atoms with Crippen LogP contribution in [0.4, 0.5) is 5.82 Å². The maximum absolute atomic E-state index is 4.24. The van der Waals surface area contributed by atoms with E-state index in [0.717, 1.165) is 12.2 Å². The predicted octanol–water partition coefficient (Wildman–Crippen LogP) is 3.07. The molecule has 1 N–H and O–H groups in total. The number of nitrogens with zero attached hydrogens (tertiary/aromatic N) is 1. The van der Waals surface area contributed by atoms with Gasteiger partial charge in [-0.3, -0.25) is 0 Å². The summed E-state index contributed by atoms with van der Waals surface area (Å²) in [5.74, 6) is 0.989. The fourth-order valence-electron chi connectivity index (χ4n) is 1.38. The smallest absolute Gasteiger partial charge is 0.126 e. The maximum atomic E-state index is 4.24. The van der Waals surface area contributed by atoms with Gasteiger partial charge in [0.05, 0.1) is 0 Å². The third-order valence-corrected chi connectivity index (χ3v) is 2.15. The lowest BCUT2D eigenvalue weighted by molar-refractivity contribution is 0.620. The highest BCUT2D eigenvalue weighted by Gasteiger charge is 2.03. The van der Waals surface area contributed by atoms with Gasteiger partial charge in [0.25, 0.3) is 0 Å². The molecule has 2 nitrogen and oxygen atoms in total. The molecule has 0 aliphatic carbocycles. The Morgan fingerprint density at radius 2 is 2.23 bits per heavy atom. The van der Waals surface area contributed by atoms with Crippen molar-refractivity contribution in [3.8, 4) is 0 Å². The van der Waals surface area contributed by atoms with E-state index in [-0.39, 0.29) is 0 Å². The summed E-state index contributed by atoms with van der Waals surface area (Å²) in [4.78, 5) is 4.24. The summed E-state index contributed by atoms with van der Waals surface area (Å²) in [5.41, 5.74) is 0. The molecule has 2 heteroatoms. The molecule has 0 aliphatic heterocycles. The highest BCUT2D eigenvalue weighted by atomic mass is 15.0. The minimum Gasteiger partial charge on any atom is -0.367 e. The molecule has 1 unspecified atom stereocenters. The van der Waals surface area contributed by atoms with Crippen LogP contribution in [-0.2, 0) is 0 Å². The fraction of sp³-hybridized carbons (Fsp3) is 0.545. The SMILES string of the molecule is CCCC(CC)Nc1ccccn1. The average Bonchev–Trinajstić information content (AvgIpc) is 2.19. The number of pyridine rings is 1. The zero-order chi connectivity index (χ0) is 9.52. The summed E-state index contributed by atoms with van der Waals surface area (Å²) in [5, 5.41) is 3.42. The van der Waals surface area contributed by atoms with E-state index in [1.54, 1.807) is 0 Å². The minimum absolute atomic E-state index is 0.569. The van der Waals surface area contributed by atoms with Gasteiger partial charge in [0.1, 0.15) is 5.82 Å².